The summed E-state index contributed by atoms with van der Waals surface area (Å²) >= 11 is 0. The molecule has 1 rings (SSSR count). The Kier molecular flexibility index (Phi) is 1.03. The molecule has 46 valence electrons. The molecule has 1 saturated heterocycles. The molecule has 1 aliphatic heterocycles. The van der Waals surface area contributed by atoms with Crippen molar-refractivity contribution in [3.63, 3.8) is 0 Å². The predicted molar refractivity (Wildman–Crippen MR) is 29.4 cm³/mol. The first-order chi connectivity index (χ1) is 3.69. The van der Waals surface area contributed by atoms with Crippen molar-refractivity contribution in [1.82, 2.24) is 0 Å². The van der Waals surface area contributed by atoms with Crippen LogP contribution in [0.4, 0.5) is 0 Å². The van der Waals surface area contributed by atoms with Gasteiger partial charge in [0.2, 0.25) is 0 Å². The molecule has 0 aromatic heterocycles. The third kappa shape index (κ3) is 0.522. The molecule has 0 unspecified atom stereocenters. The fraction of sp³-hybridized carbons (Fsp3) is 0.833. The first kappa shape index (κ1) is 5.60. The largest absolute Gasteiger partial charge is 0.464 e. The molecule has 2 nitrogen and oxygen atoms in total. The summed E-state index contributed by atoms with van der Waals surface area (Å²) in [6, 6.07) is 0. The molecule has 0 N–H and O–H groups in total. The van der Waals surface area contributed by atoms with Gasteiger partial charge in [0, 0.05) is 0 Å². The summed E-state index contributed by atoms with van der Waals surface area (Å²) in [4.78, 5) is 10.6. The minimum Gasteiger partial charge on any atom is -0.464 e. The van der Waals surface area contributed by atoms with Crippen molar-refractivity contribution in [2.24, 2.45) is 5.41 Å². The molecule has 1 fully saturated rings. The number of hydrogen-bond acceptors (Lipinski definition) is 2. The zero-order chi connectivity index (χ0) is 6.20. The van der Waals surface area contributed by atoms with Crippen LogP contribution in [-0.2, 0) is 9.53 Å². The second-order valence-corrected chi connectivity index (χ2v) is 2.49. The predicted octanol–water partition coefficient (Wildman–Crippen LogP) is 0.960. The SMILES string of the molecule is CC[C@]1(C)COC1=O. The van der Waals surface area contributed by atoms with E-state index in [9.17, 15) is 4.79 Å². The third-order valence-electron chi connectivity index (χ3n) is 1.79. The second kappa shape index (κ2) is 1.47. The van der Waals surface area contributed by atoms with E-state index in [2.05, 4.69) is 4.74 Å². The summed E-state index contributed by atoms with van der Waals surface area (Å²) in [6.07, 6.45) is 0.895. The van der Waals surface area contributed by atoms with Gasteiger partial charge in [0.15, 0.2) is 0 Å². The van der Waals surface area contributed by atoms with Crippen molar-refractivity contribution in [2.45, 2.75) is 20.3 Å². The number of hydrogen-bond donors (Lipinski definition) is 0. The molecule has 8 heavy (non-hydrogen) atoms. The molecule has 0 saturated carbocycles. The van der Waals surface area contributed by atoms with Gasteiger partial charge < -0.3 is 4.74 Å². The van der Waals surface area contributed by atoms with Crippen LogP contribution < -0.4 is 0 Å². The van der Waals surface area contributed by atoms with E-state index in [1.54, 1.807) is 0 Å². The maximum absolute atomic E-state index is 10.6. The highest BCUT2D eigenvalue weighted by Gasteiger charge is 2.42. The fourth-order valence-electron chi connectivity index (χ4n) is 0.624. The lowest BCUT2D eigenvalue weighted by molar-refractivity contribution is -0.183. The fourth-order valence-corrected chi connectivity index (χ4v) is 0.624. The number of rotatable bonds is 1. The standard InChI is InChI=1S/C6H10O2/c1-3-6(2)4-8-5(6)7/h3-4H2,1-2H3/t6-/m1/s1. The molecule has 1 aliphatic rings. The number of cyclic esters (lactones) is 1. The first-order valence-corrected chi connectivity index (χ1v) is 2.86. The molecular weight excluding hydrogens is 104 g/mol. The average molecular weight is 114 g/mol. The number of carbonyl (C=O) groups is 1. The van der Waals surface area contributed by atoms with Gasteiger partial charge in [-0.1, -0.05) is 6.92 Å². The number of ether oxygens (including phenoxy) is 1. The Morgan fingerprint density at radius 3 is 2.50 bits per heavy atom. The molecule has 0 aromatic carbocycles. The lowest BCUT2D eigenvalue weighted by atomic mass is 9.85. The third-order valence-corrected chi connectivity index (χ3v) is 1.79. The smallest absolute Gasteiger partial charge is 0.315 e. The van der Waals surface area contributed by atoms with E-state index in [1.807, 2.05) is 13.8 Å². The molecule has 0 aliphatic carbocycles. The molecule has 0 bridgehead atoms. The Hall–Kier alpha value is -0.530. The van der Waals surface area contributed by atoms with Gasteiger partial charge in [0.05, 0.1) is 5.41 Å². The van der Waals surface area contributed by atoms with E-state index in [4.69, 9.17) is 0 Å². The molecular formula is C6H10O2. The molecule has 2 heteroatoms. The lowest BCUT2D eigenvalue weighted by Gasteiger charge is -2.34. The van der Waals surface area contributed by atoms with Gasteiger partial charge in [-0.3, -0.25) is 4.79 Å². The second-order valence-electron chi connectivity index (χ2n) is 2.49. The van der Waals surface area contributed by atoms with Gasteiger partial charge in [0.25, 0.3) is 0 Å². The van der Waals surface area contributed by atoms with Gasteiger partial charge >= 0.3 is 5.97 Å². The van der Waals surface area contributed by atoms with Crippen molar-refractivity contribution < 1.29 is 9.53 Å². The van der Waals surface area contributed by atoms with Crippen molar-refractivity contribution >= 4 is 5.97 Å². The van der Waals surface area contributed by atoms with E-state index in [0.717, 1.165) is 6.42 Å². The van der Waals surface area contributed by atoms with Gasteiger partial charge in [-0.25, -0.2) is 0 Å². The summed E-state index contributed by atoms with van der Waals surface area (Å²) in [6.45, 7) is 4.54. The molecule has 0 amide bonds. The van der Waals surface area contributed by atoms with Crippen LogP contribution in [-0.4, -0.2) is 12.6 Å². The van der Waals surface area contributed by atoms with Crippen LogP contribution in [0.25, 0.3) is 0 Å². The molecule has 0 aromatic rings. The monoisotopic (exact) mass is 114 g/mol. The average Bonchev–Trinajstić information content (AvgIpc) is 1.83. The van der Waals surface area contributed by atoms with Crippen molar-refractivity contribution in [3.8, 4) is 0 Å². The zero-order valence-corrected chi connectivity index (χ0v) is 5.23. The van der Waals surface area contributed by atoms with Crippen LogP contribution in [0.3, 0.4) is 0 Å². The molecule has 1 heterocycles. The van der Waals surface area contributed by atoms with Crippen LogP contribution in [0.5, 0.6) is 0 Å². The molecule has 1 atom stereocenters. The normalized spacial score (nSPS) is 36.0. The number of carbonyl (C=O) groups excluding carboxylic acids is 1. The van der Waals surface area contributed by atoms with Crippen LogP contribution in [0.2, 0.25) is 0 Å². The molecule has 0 spiro atoms. The Balaban J connectivity index is 2.55. The maximum atomic E-state index is 10.6. The van der Waals surface area contributed by atoms with Crippen molar-refractivity contribution in [3.05, 3.63) is 0 Å². The topological polar surface area (TPSA) is 26.3 Å². The summed E-state index contributed by atoms with van der Waals surface area (Å²) in [7, 11) is 0. The highest BCUT2D eigenvalue weighted by molar-refractivity contribution is 5.81. The number of esters is 1. The Bertz CT molecular complexity index is 116. The van der Waals surface area contributed by atoms with Gasteiger partial charge in [-0.2, -0.15) is 0 Å². The van der Waals surface area contributed by atoms with Crippen LogP contribution in [0.15, 0.2) is 0 Å². The Morgan fingerprint density at radius 2 is 2.50 bits per heavy atom. The quantitative estimate of drug-likeness (QED) is 0.474. The van der Waals surface area contributed by atoms with Gasteiger partial charge in [-0.05, 0) is 13.3 Å². The van der Waals surface area contributed by atoms with E-state index in [-0.39, 0.29) is 11.4 Å². The summed E-state index contributed by atoms with van der Waals surface area (Å²) < 4.78 is 4.60. The highest BCUT2D eigenvalue weighted by atomic mass is 16.6. The van der Waals surface area contributed by atoms with Crippen molar-refractivity contribution in [2.75, 3.05) is 6.61 Å². The molecule has 0 radical (unpaired) electrons. The van der Waals surface area contributed by atoms with E-state index >= 15 is 0 Å². The maximum Gasteiger partial charge on any atom is 0.315 e. The van der Waals surface area contributed by atoms with E-state index in [1.165, 1.54) is 0 Å². The minimum absolute atomic E-state index is 0.0417. The van der Waals surface area contributed by atoms with Crippen LogP contribution in [0, 0.1) is 5.41 Å². The van der Waals surface area contributed by atoms with Crippen molar-refractivity contribution in [1.29, 1.82) is 0 Å². The van der Waals surface area contributed by atoms with Crippen LogP contribution >= 0.6 is 0 Å². The summed E-state index contributed by atoms with van der Waals surface area (Å²) in [5.74, 6) is -0.0417. The minimum atomic E-state index is -0.139. The summed E-state index contributed by atoms with van der Waals surface area (Å²) in [5.41, 5.74) is -0.139. The summed E-state index contributed by atoms with van der Waals surface area (Å²) in [5, 5.41) is 0. The Labute approximate surface area is 48.8 Å². The Morgan fingerprint density at radius 1 is 1.88 bits per heavy atom. The van der Waals surface area contributed by atoms with Gasteiger partial charge in [-0.15, -0.1) is 0 Å². The van der Waals surface area contributed by atoms with Gasteiger partial charge in [0.1, 0.15) is 6.61 Å². The van der Waals surface area contributed by atoms with E-state index < -0.39 is 0 Å². The zero-order valence-electron chi connectivity index (χ0n) is 5.23. The lowest BCUT2D eigenvalue weighted by Crippen LogP contribution is -2.44. The first-order valence-electron chi connectivity index (χ1n) is 2.86. The van der Waals surface area contributed by atoms with Crippen LogP contribution in [0.1, 0.15) is 20.3 Å². The highest BCUT2D eigenvalue weighted by Crippen LogP contribution is 2.31. The van der Waals surface area contributed by atoms with E-state index in [0.29, 0.717) is 6.61 Å².